The molecule has 0 bridgehead atoms. The van der Waals surface area contributed by atoms with E-state index in [0.29, 0.717) is 11.4 Å². The molecule has 0 radical (unpaired) electrons. The first-order valence-electron chi connectivity index (χ1n) is 9.67. The topological polar surface area (TPSA) is 78.1 Å². The Morgan fingerprint density at radius 2 is 0.844 bits per heavy atom. The number of hydrogen-bond acceptors (Lipinski definition) is 4. The van der Waals surface area contributed by atoms with E-state index in [1.807, 2.05) is 26.0 Å². The van der Waals surface area contributed by atoms with Crippen LogP contribution in [-0.4, -0.2) is 9.13 Å². The molecule has 8 heteroatoms. The van der Waals surface area contributed by atoms with Crippen LogP contribution in [0.5, 0.6) is 0 Å². The van der Waals surface area contributed by atoms with Crippen molar-refractivity contribution in [1.29, 1.82) is 0 Å². The fourth-order valence-electron chi connectivity index (χ4n) is 3.98. The van der Waals surface area contributed by atoms with Crippen LogP contribution in [-0.2, 0) is 0 Å². The molecule has 32 heavy (non-hydrogen) atoms. The molecule has 0 aliphatic carbocycles. The molecule has 0 N–H and O–H groups in total. The number of fused-ring (bicyclic) bond motifs is 2. The first-order valence-corrected chi connectivity index (χ1v) is 11.8. The normalized spacial score (nSPS) is 11.6. The number of halogens is 2. The van der Waals surface area contributed by atoms with Gasteiger partial charge in [-0.1, -0.05) is 0 Å². The Morgan fingerprint density at radius 3 is 1.12 bits per heavy atom. The summed E-state index contributed by atoms with van der Waals surface area (Å²) in [5.74, 6) is 0. The second-order valence-corrected chi connectivity index (χ2v) is 10.0. The summed E-state index contributed by atoms with van der Waals surface area (Å²) in [5.41, 5.74) is 0.793. The van der Waals surface area contributed by atoms with E-state index in [1.54, 1.807) is 24.3 Å². The molecule has 2 aromatic heterocycles. The maximum atomic E-state index is 13.1. The summed E-state index contributed by atoms with van der Waals surface area (Å²) in [6, 6.07) is 13.4. The molecule has 0 saturated carbocycles. The number of benzene rings is 3. The predicted molar refractivity (Wildman–Crippen MR) is 142 cm³/mol. The quantitative estimate of drug-likeness (QED) is 0.274. The molecule has 0 atom stereocenters. The molecule has 0 fully saturated rings. The van der Waals surface area contributed by atoms with Crippen molar-refractivity contribution in [3.05, 3.63) is 108 Å². The van der Waals surface area contributed by atoms with Crippen LogP contribution in [0.15, 0.2) is 67.7 Å². The Labute approximate surface area is 208 Å². The summed E-state index contributed by atoms with van der Waals surface area (Å²) in [4.78, 5) is 52.5. The van der Waals surface area contributed by atoms with Crippen LogP contribution in [0.1, 0.15) is 11.1 Å². The molecule has 5 rings (SSSR count). The third-order valence-electron chi connectivity index (χ3n) is 5.69. The van der Waals surface area contributed by atoms with Gasteiger partial charge in [-0.05, 0) is 119 Å². The Kier molecular flexibility index (Phi) is 4.97. The van der Waals surface area contributed by atoms with Crippen molar-refractivity contribution in [1.82, 2.24) is 9.13 Å². The van der Waals surface area contributed by atoms with Gasteiger partial charge in [-0.2, -0.15) is 0 Å². The summed E-state index contributed by atoms with van der Waals surface area (Å²) in [6.07, 6.45) is 0. The lowest BCUT2D eigenvalue weighted by Crippen LogP contribution is -2.24. The van der Waals surface area contributed by atoms with E-state index in [2.05, 4.69) is 45.2 Å². The van der Waals surface area contributed by atoms with Gasteiger partial charge in [0, 0.05) is 7.14 Å². The van der Waals surface area contributed by atoms with Gasteiger partial charge < -0.3 is 0 Å². The van der Waals surface area contributed by atoms with Gasteiger partial charge in [0.05, 0.1) is 32.9 Å². The maximum absolute atomic E-state index is 13.1. The van der Waals surface area contributed by atoms with E-state index in [9.17, 15) is 19.2 Å². The van der Waals surface area contributed by atoms with Gasteiger partial charge in [0.2, 0.25) is 0 Å². The molecule has 158 valence electrons. The number of aryl methyl sites for hydroxylation is 2. The second-order valence-electron chi connectivity index (χ2n) is 7.70. The highest BCUT2D eigenvalue weighted by Gasteiger charge is 2.21. The minimum atomic E-state index is -0.503. The molecule has 3 aromatic carbocycles. The van der Waals surface area contributed by atoms with E-state index < -0.39 is 22.2 Å². The van der Waals surface area contributed by atoms with Crippen molar-refractivity contribution in [2.75, 3.05) is 0 Å². The fraction of sp³-hybridized carbons (Fsp3) is 0.0833. The van der Waals surface area contributed by atoms with Crippen LogP contribution in [0, 0.1) is 21.0 Å². The van der Waals surface area contributed by atoms with Gasteiger partial charge in [0.15, 0.2) is 0 Å². The number of nitrogens with zero attached hydrogens (tertiary/aromatic N) is 2. The fourth-order valence-corrected chi connectivity index (χ4v) is 4.65. The van der Waals surface area contributed by atoms with Crippen molar-refractivity contribution in [2.45, 2.75) is 13.8 Å². The SMILES string of the molecule is Cc1cc(-n2c(=O)c3cc4c(=O)n(-c5ccc(I)c(C)c5)c(=O)c4cc3c2=O)ccc1I. The first-order chi connectivity index (χ1) is 15.2. The third-order valence-corrected chi connectivity index (χ3v) is 8.11. The lowest BCUT2D eigenvalue weighted by atomic mass is 10.1. The Morgan fingerprint density at radius 1 is 0.531 bits per heavy atom. The summed E-state index contributed by atoms with van der Waals surface area (Å²) in [6.45, 7) is 3.80. The van der Waals surface area contributed by atoms with Crippen molar-refractivity contribution >= 4 is 66.7 Å². The van der Waals surface area contributed by atoms with Crippen molar-refractivity contribution in [3.63, 3.8) is 0 Å². The molecular formula is C24H14I2N2O4. The average Bonchev–Trinajstić information content (AvgIpc) is 3.15. The minimum Gasteiger partial charge on any atom is -0.268 e. The molecule has 0 spiro atoms. The van der Waals surface area contributed by atoms with Gasteiger partial charge in [-0.15, -0.1) is 0 Å². The van der Waals surface area contributed by atoms with Gasteiger partial charge in [-0.25, -0.2) is 9.13 Å². The number of hydrogen-bond donors (Lipinski definition) is 0. The van der Waals surface area contributed by atoms with E-state index in [4.69, 9.17) is 0 Å². The van der Waals surface area contributed by atoms with E-state index in [1.165, 1.54) is 12.1 Å². The van der Waals surface area contributed by atoms with Crippen LogP contribution < -0.4 is 22.2 Å². The van der Waals surface area contributed by atoms with E-state index >= 15 is 0 Å². The highest BCUT2D eigenvalue weighted by Crippen LogP contribution is 2.20. The largest absolute Gasteiger partial charge is 0.268 e. The van der Waals surface area contributed by atoms with Crippen LogP contribution in [0.3, 0.4) is 0 Å². The summed E-state index contributed by atoms with van der Waals surface area (Å²) >= 11 is 4.36. The monoisotopic (exact) mass is 648 g/mol. The standard InChI is InChI=1S/C24H14I2N2O4/c1-11-7-13(3-5-19(11)25)27-21(29)15-9-17-18(10-16(15)22(27)30)24(32)28(23(17)31)14-4-6-20(26)12(2)8-14/h3-10H,1-2H3. The smallest absolute Gasteiger partial charge is 0.266 e. The van der Waals surface area contributed by atoms with Crippen molar-refractivity contribution in [3.8, 4) is 11.4 Å². The van der Waals surface area contributed by atoms with Crippen LogP contribution in [0.25, 0.3) is 32.9 Å². The van der Waals surface area contributed by atoms with Crippen LogP contribution in [0.4, 0.5) is 0 Å². The summed E-state index contributed by atoms with van der Waals surface area (Å²) in [5, 5.41) is 0.525. The predicted octanol–water partition coefficient (Wildman–Crippen LogP) is 3.72. The molecule has 0 aliphatic heterocycles. The highest BCUT2D eigenvalue weighted by atomic mass is 127. The molecule has 0 amide bonds. The van der Waals surface area contributed by atoms with Crippen molar-refractivity contribution in [2.24, 2.45) is 0 Å². The highest BCUT2D eigenvalue weighted by molar-refractivity contribution is 14.1. The summed E-state index contributed by atoms with van der Waals surface area (Å²) in [7, 11) is 0. The zero-order valence-electron chi connectivity index (χ0n) is 16.9. The first kappa shape index (κ1) is 21.3. The summed E-state index contributed by atoms with van der Waals surface area (Å²) < 4.78 is 4.23. The van der Waals surface area contributed by atoms with Gasteiger partial charge in [0.25, 0.3) is 22.2 Å². The molecule has 0 saturated heterocycles. The molecule has 0 aliphatic rings. The van der Waals surface area contributed by atoms with E-state index in [-0.39, 0.29) is 21.5 Å². The number of rotatable bonds is 2. The lowest BCUT2D eigenvalue weighted by molar-refractivity contribution is 0.984. The number of aromatic nitrogens is 2. The van der Waals surface area contributed by atoms with E-state index in [0.717, 1.165) is 27.4 Å². The third kappa shape index (κ3) is 3.03. The zero-order valence-corrected chi connectivity index (χ0v) is 21.2. The molecule has 2 heterocycles. The van der Waals surface area contributed by atoms with Crippen LogP contribution in [0.2, 0.25) is 0 Å². The Bertz CT molecular complexity index is 1600. The van der Waals surface area contributed by atoms with Gasteiger partial charge in [0.1, 0.15) is 0 Å². The lowest BCUT2D eigenvalue weighted by Gasteiger charge is -2.03. The minimum absolute atomic E-state index is 0.131. The van der Waals surface area contributed by atoms with Crippen molar-refractivity contribution < 1.29 is 0 Å². The second kappa shape index (κ2) is 7.48. The zero-order chi connectivity index (χ0) is 22.9. The Hall–Kier alpha value is -2.60. The maximum Gasteiger partial charge on any atom is 0.266 e. The van der Waals surface area contributed by atoms with Crippen LogP contribution >= 0.6 is 45.2 Å². The van der Waals surface area contributed by atoms with Gasteiger partial charge in [-0.3, -0.25) is 19.2 Å². The molecule has 5 aromatic rings. The molecule has 0 unspecified atom stereocenters. The van der Waals surface area contributed by atoms with Gasteiger partial charge >= 0.3 is 0 Å². The Balaban J connectivity index is 1.83. The molecule has 6 nitrogen and oxygen atoms in total. The molecular weight excluding hydrogens is 634 g/mol. The average molecular weight is 648 g/mol.